The summed E-state index contributed by atoms with van der Waals surface area (Å²) in [6.07, 6.45) is -9.32. The Labute approximate surface area is 263 Å². The molecular formula is C29H28F14O5. The van der Waals surface area contributed by atoms with Crippen LogP contribution in [-0.2, 0) is 23.9 Å². The number of esters is 2. The third-order valence-electron chi connectivity index (χ3n) is 10.7. The van der Waals surface area contributed by atoms with Gasteiger partial charge in [-0.2, -0.15) is 61.5 Å². The van der Waals surface area contributed by atoms with E-state index in [2.05, 4.69) is 9.47 Å². The van der Waals surface area contributed by atoms with Gasteiger partial charge in [0, 0.05) is 12.3 Å². The number of alkyl halides is 14. The van der Waals surface area contributed by atoms with E-state index in [9.17, 15) is 75.8 Å². The van der Waals surface area contributed by atoms with Gasteiger partial charge in [0.25, 0.3) is 0 Å². The molecular weight excluding hydrogens is 694 g/mol. The molecule has 272 valence electrons. The Hall–Kier alpha value is -2.89. The normalized spacial score (nSPS) is 31.5. The largest absolute Gasteiger partial charge is 0.460 e. The number of rotatable bonds is 8. The van der Waals surface area contributed by atoms with Crippen molar-refractivity contribution in [2.45, 2.75) is 94.8 Å². The molecule has 4 aliphatic rings. The molecule has 0 heterocycles. The van der Waals surface area contributed by atoms with Crippen LogP contribution < -0.4 is 0 Å². The maximum absolute atomic E-state index is 13.8. The first kappa shape index (κ1) is 37.9. The van der Waals surface area contributed by atoms with Gasteiger partial charge in [-0.25, -0.2) is 9.59 Å². The molecule has 0 spiro atoms. The van der Waals surface area contributed by atoms with Gasteiger partial charge < -0.3 is 9.47 Å². The van der Waals surface area contributed by atoms with Gasteiger partial charge in [-0.15, -0.1) is 0 Å². The maximum atomic E-state index is 13.8. The van der Waals surface area contributed by atoms with Crippen LogP contribution in [0.15, 0.2) is 23.5 Å². The van der Waals surface area contributed by atoms with Crippen LogP contribution in [-0.4, -0.2) is 60.4 Å². The highest BCUT2D eigenvalue weighted by Gasteiger charge is 2.78. The summed E-state index contributed by atoms with van der Waals surface area (Å²) in [6, 6.07) is 0. The minimum atomic E-state index is -6.78. The van der Waals surface area contributed by atoms with Crippen LogP contribution in [0.1, 0.15) is 58.8 Å². The molecule has 0 unspecified atom stereocenters. The van der Waals surface area contributed by atoms with Gasteiger partial charge in [-0.05, 0) is 78.8 Å². The Morgan fingerprint density at radius 1 is 0.750 bits per heavy atom. The third-order valence-corrected chi connectivity index (χ3v) is 10.7. The highest BCUT2D eigenvalue weighted by Crippen LogP contribution is 2.66. The lowest BCUT2D eigenvalue weighted by atomic mass is 9.48. The molecule has 0 aromatic rings. The number of Topliss-reactive ketones (excluding diaryl/α,β-unsaturated/α-hetero) is 1. The summed E-state index contributed by atoms with van der Waals surface area (Å²) in [6.45, 7) is 2.05. The Morgan fingerprint density at radius 3 is 1.83 bits per heavy atom. The van der Waals surface area contributed by atoms with Crippen molar-refractivity contribution in [1.29, 1.82) is 0 Å². The summed E-state index contributed by atoms with van der Waals surface area (Å²) in [5, 5.41) is 0. The molecule has 2 fully saturated rings. The SMILES string of the molecule is C[C@]12CC[C@H]3[C@@H](CC=C4C=C(OC(=O)C(F)(F)C(F)(F)C(F)(F)F)CC[C@@]43C)[C@@H]1CC[C@@H]2C(=O)COC(=O)C(F)(F)C(F)(F)C(F)(F)F. The van der Waals surface area contributed by atoms with E-state index in [4.69, 9.17) is 0 Å². The van der Waals surface area contributed by atoms with Gasteiger partial charge in [0.15, 0.2) is 12.4 Å². The standard InChI is InChI=1S/C29H28F14O5/c1-22-9-7-14(48-21(46)25(32,33)27(36,37)29(41,42)43)11-13(22)3-4-15-16-5-6-18(23(16,2)10-8-17(15)22)19(44)12-47-20(45)24(30,31)26(34,35)28(38,39)40/h3,11,15-18H,4-10,12H2,1-2H3/t15-,16-,17-,18+,22-,23-/m0/s1. The topological polar surface area (TPSA) is 69.7 Å². The van der Waals surface area contributed by atoms with Crippen LogP contribution in [0.2, 0.25) is 0 Å². The van der Waals surface area contributed by atoms with Gasteiger partial charge >= 0.3 is 48.0 Å². The lowest BCUT2D eigenvalue weighted by Gasteiger charge is -2.56. The predicted octanol–water partition coefficient (Wildman–Crippen LogP) is 8.38. The second-order valence-electron chi connectivity index (χ2n) is 13.2. The van der Waals surface area contributed by atoms with E-state index >= 15 is 0 Å². The van der Waals surface area contributed by atoms with E-state index in [1.807, 2.05) is 0 Å². The number of allylic oxidation sites excluding steroid dienone is 4. The molecule has 5 nitrogen and oxygen atoms in total. The van der Waals surface area contributed by atoms with Gasteiger partial charge in [0.1, 0.15) is 5.76 Å². The van der Waals surface area contributed by atoms with Crippen molar-refractivity contribution in [3.63, 3.8) is 0 Å². The second-order valence-corrected chi connectivity index (χ2v) is 13.2. The molecule has 0 aromatic carbocycles. The zero-order chi connectivity index (χ0) is 36.7. The molecule has 19 heteroatoms. The summed E-state index contributed by atoms with van der Waals surface area (Å²) in [5.74, 6) is -35.2. The summed E-state index contributed by atoms with van der Waals surface area (Å²) in [4.78, 5) is 36.3. The van der Waals surface area contributed by atoms with Crippen LogP contribution >= 0.6 is 0 Å². The van der Waals surface area contributed by atoms with Gasteiger partial charge in [0.2, 0.25) is 0 Å². The monoisotopic (exact) mass is 722 g/mol. The Balaban J connectivity index is 1.46. The van der Waals surface area contributed by atoms with Crippen molar-refractivity contribution in [2.75, 3.05) is 6.61 Å². The van der Waals surface area contributed by atoms with Gasteiger partial charge in [-0.3, -0.25) is 4.79 Å². The summed E-state index contributed by atoms with van der Waals surface area (Å²) >= 11 is 0. The van der Waals surface area contributed by atoms with Gasteiger partial charge in [-0.1, -0.05) is 19.9 Å². The predicted molar refractivity (Wildman–Crippen MR) is 133 cm³/mol. The molecule has 0 bridgehead atoms. The molecule has 0 N–H and O–H groups in total. The smallest absolute Gasteiger partial charge is 0.453 e. The highest BCUT2D eigenvalue weighted by atomic mass is 19.4. The molecule has 2 saturated carbocycles. The van der Waals surface area contributed by atoms with Crippen LogP contribution in [0.5, 0.6) is 0 Å². The van der Waals surface area contributed by atoms with Crippen molar-refractivity contribution in [3.05, 3.63) is 23.5 Å². The first-order valence-corrected chi connectivity index (χ1v) is 14.6. The number of hydrogen-bond donors (Lipinski definition) is 0. The van der Waals surface area contributed by atoms with Crippen LogP contribution in [0.3, 0.4) is 0 Å². The van der Waals surface area contributed by atoms with Crippen LogP contribution in [0.25, 0.3) is 0 Å². The van der Waals surface area contributed by atoms with Crippen molar-refractivity contribution < 1.29 is 85.3 Å². The lowest BCUT2D eigenvalue weighted by Crippen LogP contribution is -2.57. The quantitative estimate of drug-likeness (QED) is 0.186. The number of halogens is 14. The minimum Gasteiger partial charge on any atom is -0.453 e. The first-order chi connectivity index (χ1) is 21.6. The number of ether oxygens (including phenoxy) is 2. The van der Waals surface area contributed by atoms with E-state index < -0.39 is 82.9 Å². The van der Waals surface area contributed by atoms with E-state index in [0.717, 1.165) is 6.08 Å². The average Bonchev–Trinajstić information content (AvgIpc) is 3.31. The molecule has 0 saturated heterocycles. The third kappa shape index (κ3) is 5.67. The van der Waals surface area contributed by atoms with Gasteiger partial charge in [0.05, 0.1) is 0 Å². The fourth-order valence-corrected chi connectivity index (χ4v) is 8.03. The van der Waals surface area contributed by atoms with Crippen molar-refractivity contribution in [3.8, 4) is 0 Å². The number of carbonyl (C=O) groups excluding carboxylic acids is 3. The fraction of sp³-hybridized carbons (Fsp3) is 0.759. The Kier molecular flexibility index (Phi) is 9.15. The lowest BCUT2D eigenvalue weighted by molar-refractivity contribution is -0.348. The molecule has 48 heavy (non-hydrogen) atoms. The first-order valence-electron chi connectivity index (χ1n) is 14.6. The minimum absolute atomic E-state index is 0.110. The molecule has 4 aliphatic carbocycles. The Bertz CT molecular complexity index is 1400. The number of ketones is 1. The summed E-state index contributed by atoms with van der Waals surface area (Å²) < 4.78 is 191. The van der Waals surface area contributed by atoms with Crippen molar-refractivity contribution in [1.82, 2.24) is 0 Å². The molecule has 0 radical (unpaired) electrons. The van der Waals surface area contributed by atoms with E-state index in [-0.39, 0.29) is 37.0 Å². The zero-order valence-corrected chi connectivity index (χ0v) is 25.0. The Morgan fingerprint density at radius 2 is 1.29 bits per heavy atom. The summed E-state index contributed by atoms with van der Waals surface area (Å²) in [5.41, 5.74) is -1.09. The molecule has 0 aromatic heterocycles. The van der Waals surface area contributed by atoms with Crippen LogP contribution in [0.4, 0.5) is 61.5 Å². The number of fused-ring (bicyclic) bond motifs is 5. The molecule has 0 amide bonds. The molecule has 0 aliphatic heterocycles. The van der Waals surface area contributed by atoms with Crippen molar-refractivity contribution in [2.24, 2.45) is 34.5 Å². The second kappa shape index (κ2) is 11.6. The van der Waals surface area contributed by atoms with E-state index in [1.54, 1.807) is 19.9 Å². The number of hydrogen-bond acceptors (Lipinski definition) is 5. The number of carbonyl (C=O) groups is 3. The zero-order valence-electron chi connectivity index (χ0n) is 25.0. The fourth-order valence-electron chi connectivity index (χ4n) is 8.03. The van der Waals surface area contributed by atoms with Crippen molar-refractivity contribution >= 4 is 17.7 Å². The van der Waals surface area contributed by atoms with E-state index in [0.29, 0.717) is 31.3 Å². The highest BCUT2D eigenvalue weighted by molar-refractivity contribution is 5.87. The maximum Gasteiger partial charge on any atom is 0.460 e. The summed E-state index contributed by atoms with van der Waals surface area (Å²) in [7, 11) is 0. The molecule has 6 atom stereocenters. The van der Waals surface area contributed by atoms with Crippen LogP contribution in [0, 0.1) is 34.5 Å². The van der Waals surface area contributed by atoms with E-state index in [1.165, 1.54) is 0 Å². The molecule has 4 rings (SSSR count). The average molecular weight is 723 g/mol.